The lowest BCUT2D eigenvalue weighted by Gasteiger charge is -2.12. The number of ketones is 1. The van der Waals surface area contributed by atoms with Gasteiger partial charge in [0.25, 0.3) is 0 Å². The standard InChI is InChI=1S/C13H13ClO4/c1-3-18-13(17)11-6-9(7-15)4-5-10(11)12(14)8(2)16/h4-7,12H,3H2,1-2H3. The lowest BCUT2D eigenvalue weighted by molar-refractivity contribution is -0.116. The Balaban J connectivity index is 3.28. The van der Waals surface area contributed by atoms with E-state index in [1.54, 1.807) is 6.92 Å². The Kier molecular flexibility index (Phi) is 5.04. The third-order valence-electron chi connectivity index (χ3n) is 2.34. The second-order valence-corrected chi connectivity index (χ2v) is 4.09. The molecule has 0 spiro atoms. The first-order valence-corrected chi connectivity index (χ1v) is 5.85. The van der Waals surface area contributed by atoms with Gasteiger partial charge in [0, 0.05) is 5.56 Å². The molecular formula is C13H13ClO4. The fourth-order valence-electron chi connectivity index (χ4n) is 1.47. The van der Waals surface area contributed by atoms with Crippen LogP contribution in [0.1, 0.15) is 45.5 Å². The van der Waals surface area contributed by atoms with Crippen molar-refractivity contribution in [3.05, 3.63) is 34.9 Å². The van der Waals surface area contributed by atoms with Gasteiger partial charge in [-0.3, -0.25) is 9.59 Å². The molecule has 0 aliphatic rings. The summed E-state index contributed by atoms with van der Waals surface area (Å²) in [7, 11) is 0. The highest BCUT2D eigenvalue weighted by atomic mass is 35.5. The minimum absolute atomic E-state index is 0.150. The molecule has 0 saturated heterocycles. The molecule has 0 aliphatic carbocycles. The molecule has 5 heteroatoms. The van der Waals surface area contributed by atoms with Crippen LogP contribution in [0.3, 0.4) is 0 Å². The molecule has 96 valence electrons. The van der Waals surface area contributed by atoms with Crippen LogP contribution in [-0.2, 0) is 9.53 Å². The minimum Gasteiger partial charge on any atom is -0.462 e. The molecule has 0 bridgehead atoms. The first-order chi connectivity index (χ1) is 8.51. The van der Waals surface area contributed by atoms with Gasteiger partial charge in [-0.25, -0.2) is 4.79 Å². The van der Waals surface area contributed by atoms with Crippen LogP contribution in [0.2, 0.25) is 0 Å². The van der Waals surface area contributed by atoms with Gasteiger partial charge in [-0.15, -0.1) is 11.6 Å². The highest BCUT2D eigenvalue weighted by Gasteiger charge is 2.22. The van der Waals surface area contributed by atoms with Gasteiger partial charge >= 0.3 is 5.97 Å². The largest absolute Gasteiger partial charge is 0.462 e. The fraction of sp³-hybridized carbons (Fsp3) is 0.308. The number of halogens is 1. The van der Waals surface area contributed by atoms with Gasteiger partial charge in [0.1, 0.15) is 11.7 Å². The molecule has 0 fully saturated rings. The van der Waals surface area contributed by atoms with Crippen LogP contribution in [0.5, 0.6) is 0 Å². The van der Waals surface area contributed by atoms with E-state index in [9.17, 15) is 14.4 Å². The van der Waals surface area contributed by atoms with Crippen molar-refractivity contribution in [2.75, 3.05) is 6.61 Å². The molecule has 1 atom stereocenters. The van der Waals surface area contributed by atoms with Crippen molar-refractivity contribution in [3.8, 4) is 0 Å². The predicted octanol–water partition coefficient (Wildman–Crippen LogP) is 2.54. The normalized spacial score (nSPS) is 11.7. The van der Waals surface area contributed by atoms with Crippen molar-refractivity contribution < 1.29 is 19.1 Å². The number of rotatable bonds is 5. The van der Waals surface area contributed by atoms with E-state index in [2.05, 4.69) is 0 Å². The van der Waals surface area contributed by atoms with E-state index < -0.39 is 11.3 Å². The first kappa shape index (κ1) is 14.4. The Morgan fingerprint density at radius 1 is 1.44 bits per heavy atom. The number of alkyl halides is 1. The smallest absolute Gasteiger partial charge is 0.338 e. The summed E-state index contributed by atoms with van der Waals surface area (Å²) in [6, 6.07) is 4.37. The Labute approximate surface area is 110 Å². The molecule has 4 nitrogen and oxygen atoms in total. The van der Waals surface area contributed by atoms with Gasteiger partial charge in [-0.1, -0.05) is 12.1 Å². The molecule has 0 N–H and O–H groups in total. The maximum atomic E-state index is 11.8. The maximum Gasteiger partial charge on any atom is 0.338 e. The van der Waals surface area contributed by atoms with Gasteiger partial charge in [0.05, 0.1) is 12.2 Å². The molecule has 1 aromatic rings. The molecule has 0 saturated carbocycles. The van der Waals surface area contributed by atoms with Crippen molar-refractivity contribution >= 4 is 29.6 Å². The van der Waals surface area contributed by atoms with Gasteiger partial charge in [-0.05, 0) is 25.5 Å². The van der Waals surface area contributed by atoms with E-state index in [0.717, 1.165) is 0 Å². The monoisotopic (exact) mass is 268 g/mol. The number of benzene rings is 1. The Morgan fingerprint density at radius 3 is 2.61 bits per heavy atom. The molecule has 0 heterocycles. The number of ether oxygens (including phenoxy) is 1. The lowest BCUT2D eigenvalue weighted by Crippen LogP contribution is -2.12. The summed E-state index contributed by atoms with van der Waals surface area (Å²) in [5, 5.41) is -0.926. The SMILES string of the molecule is CCOC(=O)c1cc(C=O)ccc1C(Cl)C(C)=O. The number of aldehydes is 1. The van der Waals surface area contributed by atoms with Crippen LogP contribution >= 0.6 is 11.6 Å². The third kappa shape index (κ3) is 3.17. The molecule has 1 rings (SSSR count). The topological polar surface area (TPSA) is 60.4 Å². The molecule has 1 unspecified atom stereocenters. The first-order valence-electron chi connectivity index (χ1n) is 5.42. The molecule has 1 aromatic carbocycles. The van der Waals surface area contributed by atoms with E-state index in [1.807, 2.05) is 0 Å². The average Bonchev–Trinajstić information content (AvgIpc) is 2.37. The van der Waals surface area contributed by atoms with Crippen molar-refractivity contribution in [1.29, 1.82) is 0 Å². The van der Waals surface area contributed by atoms with Crippen LogP contribution < -0.4 is 0 Å². The maximum absolute atomic E-state index is 11.8. The third-order valence-corrected chi connectivity index (χ3v) is 2.88. The zero-order valence-corrected chi connectivity index (χ0v) is 10.9. The van der Waals surface area contributed by atoms with E-state index in [4.69, 9.17) is 16.3 Å². The lowest BCUT2D eigenvalue weighted by atomic mass is 10.00. The quantitative estimate of drug-likeness (QED) is 0.468. The number of hydrogen-bond donors (Lipinski definition) is 0. The molecule has 18 heavy (non-hydrogen) atoms. The number of hydrogen-bond acceptors (Lipinski definition) is 4. The van der Waals surface area contributed by atoms with E-state index in [1.165, 1.54) is 25.1 Å². The van der Waals surface area contributed by atoms with E-state index in [-0.39, 0.29) is 18.0 Å². The molecular weight excluding hydrogens is 256 g/mol. The number of carbonyl (C=O) groups excluding carboxylic acids is 3. The number of carbonyl (C=O) groups is 3. The van der Waals surface area contributed by atoms with Gasteiger partial charge in [-0.2, -0.15) is 0 Å². The second-order valence-electron chi connectivity index (χ2n) is 3.66. The van der Waals surface area contributed by atoms with Crippen molar-refractivity contribution in [2.45, 2.75) is 19.2 Å². The fourth-order valence-corrected chi connectivity index (χ4v) is 1.66. The zero-order chi connectivity index (χ0) is 13.7. The molecule has 0 amide bonds. The van der Waals surface area contributed by atoms with Crippen LogP contribution in [0.4, 0.5) is 0 Å². The summed E-state index contributed by atoms with van der Waals surface area (Å²) >= 11 is 5.94. The van der Waals surface area contributed by atoms with E-state index >= 15 is 0 Å². The summed E-state index contributed by atoms with van der Waals surface area (Å²) in [5.74, 6) is -0.871. The Morgan fingerprint density at radius 2 is 2.11 bits per heavy atom. The zero-order valence-electron chi connectivity index (χ0n) is 10.1. The highest BCUT2D eigenvalue weighted by molar-refractivity contribution is 6.31. The molecule has 0 aliphatic heterocycles. The molecule has 0 aromatic heterocycles. The van der Waals surface area contributed by atoms with Crippen LogP contribution in [-0.4, -0.2) is 24.6 Å². The number of Topliss-reactive ketones (excluding diaryl/α,β-unsaturated/α-hetero) is 1. The van der Waals surface area contributed by atoms with Crippen molar-refractivity contribution in [3.63, 3.8) is 0 Å². The second kappa shape index (κ2) is 6.31. The molecule has 0 radical (unpaired) electrons. The van der Waals surface area contributed by atoms with Crippen molar-refractivity contribution in [1.82, 2.24) is 0 Å². The average molecular weight is 269 g/mol. The summed E-state index contributed by atoms with van der Waals surface area (Å²) in [5.41, 5.74) is 0.832. The summed E-state index contributed by atoms with van der Waals surface area (Å²) in [6.45, 7) is 3.21. The Bertz CT molecular complexity index is 482. The van der Waals surface area contributed by atoms with Crippen molar-refractivity contribution in [2.24, 2.45) is 0 Å². The van der Waals surface area contributed by atoms with Gasteiger partial charge in [0.2, 0.25) is 0 Å². The van der Waals surface area contributed by atoms with Crippen LogP contribution in [0.25, 0.3) is 0 Å². The highest BCUT2D eigenvalue weighted by Crippen LogP contribution is 2.26. The van der Waals surface area contributed by atoms with Crippen LogP contribution in [0, 0.1) is 0 Å². The summed E-state index contributed by atoms with van der Waals surface area (Å²) < 4.78 is 4.87. The Hall–Kier alpha value is -1.68. The summed E-state index contributed by atoms with van der Waals surface area (Å²) in [6.07, 6.45) is 0.615. The number of esters is 1. The minimum atomic E-state index is -0.926. The van der Waals surface area contributed by atoms with Gasteiger partial charge < -0.3 is 4.74 Å². The summed E-state index contributed by atoms with van der Waals surface area (Å²) in [4.78, 5) is 33.7. The van der Waals surface area contributed by atoms with Gasteiger partial charge in [0.15, 0.2) is 5.78 Å². The van der Waals surface area contributed by atoms with E-state index in [0.29, 0.717) is 17.4 Å². The predicted molar refractivity (Wildman–Crippen MR) is 67.1 cm³/mol. The van der Waals surface area contributed by atoms with Crippen LogP contribution in [0.15, 0.2) is 18.2 Å².